The highest BCUT2D eigenvalue weighted by Gasteiger charge is 2.29. The number of ether oxygens (including phenoxy) is 2. The monoisotopic (exact) mass is 220 g/mol. The topological polar surface area (TPSA) is 58.0 Å². The van der Waals surface area contributed by atoms with E-state index >= 15 is 0 Å². The predicted octanol–water partition coefficient (Wildman–Crippen LogP) is 2.15. The first-order chi connectivity index (χ1) is 7.61. The molecule has 0 saturated carbocycles. The van der Waals surface area contributed by atoms with Gasteiger partial charge in [0.2, 0.25) is 0 Å². The van der Waals surface area contributed by atoms with Gasteiger partial charge in [-0.25, -0.2) is 0 Å². The molecule has 86 valence electrons. The molecule has 0 spiro atoms. The molecular weight excluding hydrogens is 204 g/mol. The SMILES string of the molecule is CC1(C)COC(c2cc(CC#N)c[nH]2)OC1. The third-order valence-corrected chi connectivity index (χ3v) is 2.55. The van der Waals surface area contributed by atoms with Crippen LogP contribution in [0, 0.1) is 16.7 Å². The lowest BCUT2D eigenvalue weighted by atomic mass is 9.95. The number of nitriles is 1. The molecule has 1 aromatic heterocycles. The number of H-pyrrole nitrogens is 1. The number of hydrogen-bond donors (Lipinski definition) is 1. The van der Waals surface area contributed by atoms with Crippen molar-refractivity contribution in [3.63, 3.8) is 0 Å². The molecular formula is C12H16N2O2. The molecule has 0 amide bonds. The highest BCUT2D eigenvalue weighted by Crippen LogP contribution is 2.30. The summed E-state index contributed by atoms with van der Waals surface area (Å²) in [4.78, 5) is 3.09. The Morgan fingerprint density at radius 3 is 2.81 bits per heavy atom. The zero-order valence-electron chi connectivity index (χ0n) is 9.62. The van der Waals surface area contributed by atoms with Gasteiger partial charge in [0, 0.05) is 11.6 Å². The standard InChI is InChI=1S/C12H16N2O2/c1-12(2)7-15-11(16-8-12)10-5-9(3-4-13)6-14-10/h5-6,11,14H,3,7-8H2,1-2H3. The van der Waals surface area contributed by atoms with E-state index in [0.717, 1.165) is 11.3 Å². The molecule has 4 nitrogen and oxygen atoms in total. The fourth-order valence-corrected chi connectivity index (χ4v) is 1.66. The third kappa shape index (κ3) is 2.43. The van der Waals surface area contributed by atoms with E-state index in [1.807, 2.05) is 12.3 Å². The number of rotatable bonds is 2. The first-order valence-corrected chi connectivity index (χ1v) is 5.38. The zero-order valence-corrected chi connectivity index (χ0v) is 9.62. The van der Waals surface area contributed by atoms with E-state index in [4.69, 9.17) is 14.7 Å². The summed E-state index contributed by atoms with van der Waals surface area (Å²) in [5.74, 6) is 0. The van der Waals surface area contributed by atoms with E-state index in [9.17, 15) is 0 Å². The first-order valence-electron chi connectivity index (χ1n) is 5.38. The summed E-state index contributed by atoms with van der Waals surface area (Å²) >= 11 is 0. The molecule has 1 aliphatic rings. The van der Waals surface area contributed by atoms with Crippen molar-refractivity contribution in [2.24, 2.45) is 5.41 Å². The second-order valence-electron chi connectivity index (χ2n) is 4.92. The van der Waals surface area contributed by atoms with Crippen LogP contribution in [0.3, 0.4) is 0 Å². The number of aromatic nitrogens is 1. The molecule has 4 heteroatoms. The van der Waals surface area contributed by atoms with Crippen molar-refractivity contribution in [2.45, 2.75) is 26.6 Å². The van der Waals surface area contributed by atoms with Crippen molar-refractivity contribution in [2.75, 3.05) is 13.2 Å². The molecule has 1 fully saturated rings. The lowest BCUT2D eigenvalue weighted by molar-refractivity contribution is -0.227. The van der Waals surface area contributed by atoms with Crippen molar-refractivity contribution in [1.29, 1.82) is 5.26 Å². The Morgan fingerprint density at radius 2 is 2.19 bits per heavy atom. The van der Waals surface area contributed by atoms with Gasteiger partial charge in [0.15, 0.2) is 6.29 Å². The van der Waals surface area contributed by atoms with Crippen LogP contribution in [-0.4, -0.2) is 18.2 Å². The second-order valence-corrected chi connectivity index (χ2v) is 4.92. The van der Waals surface area contributed by atoms with E-state index < -0.39 is 0 Å². The van der Waals surface area contributed by atoms with E-state index in [1.165, 1.54) is 0 Å². The van der Waals surface area contributed by atoms with Gasteiger partial charge in [-0.05, 0) is 11.6 Å². The van der Waals surface area contributed by atoms with Gasteiger partial charge in [-0.3, -0.25) is 0 Å². The van der Waals surface area contributed by atoms with Crippen molar-refractivity contribution < 1.29 is 9.47 Å². The molecule has 2 rings (SSSR count). The first kappa shape index (κ1) is 11.2. The molecule has 16 heavy (non-hydrogen) atoms. The molecule has 0 atom stereocenters. The predicted molar refractivity (Wildman–Crippen MR) is 58.5 cm³/mol. The Hall–Kier alpha value is -1.31. The second kappa shape index (κ2) is 4.28. The molecule has 1 aliphatic heterocycles. The van der Waals surface area contributed by atoms with Gasteiger partial charge in [-0.2, -0.15) is 5.26 Å². The van der Waals surface area contributed by atoms with Crippen molar-refractivity contribution in [3.05, 3.63) is 23.5 Å². The summed E-state index contributed by atoms with van der Waals surface area (Å²) in [5, 5.41) is 8.58. The number of aromatic amines is 1. The van der Waals surface area contributed by atoms with Crippen LogP contribution in [0.15, 0.2) is 12.3 Å². The van der Waals surface area contributed by atoms with Gasteiger partial charge >= 0.3 is 0 Å². The van der Waals surface area contributed by atoms with Crippen LogP contribution in [0.2, 0.25) is 0 Å². The minimum atomic E-state index is -0.319. The number of hydrogen-bond acceptors (Lipinski definition) is 3. The van der Waals surface area contributed by atoms with E-state index in [0.29, 0.717) is 19.6 Å². The number of nitrogens with zero attached hydrogens (tertiary/aromatic N) is 1. The summed E-state index contributed by atoms with van der Waals surface area (Å²) in [7, 11) is 0. The van der Waals surface area contributed by atoms with Crippen LogP contribution in [0.5, 0.6) is 0 Å². The van der Waals surface area contributed by atoms with E-state index in [-0.39, 0.29) is 11.7 Å². The molecule has 0 unspecified atom stereocenters. The minimum absolute atomic E-state index is 0.0819. The van der Waals surface area contributed by atoms with Crippen LogP contribution in [0.4, 0.5) is 0 Å². The Morgan fingerprint density at radius 1 is 1.50 bits per heavy atom. The van der Waals surface area contributed by atoms with Gasteiger partial charge in [-0.1, -0.05) is 13.8 Å². The molecule has 0 bridgehead atoms. The van der Waals surface area contributed by atoms with E-state index in [2.05, 4.69) is 24.9 Å². The largest absolute Gasteiger partial charge is 0.361 e. The van der Waals surface area contributed by atoms with Crippen molar-refractivity contribution >= 4 is 0 Å². The average Bonchev–Trinajstić information content (AvgIpc) is 2.67. The van der Waals surface area contributed by atoms with E-state index in [1.54, 1.807) is 0 Å². The summed E-state index contributed by atoms with van der Waals surface area (Å²) < 4.78 is 11.3. The van der Waals surface area contributed by atoms with Crippen molar-refractivity contribution in [3.8, 4) is 6.07 Å². The molecule has 0 aromatic carbocycles. The zero-order chi connectivity index (χ0) is 11.6. The Labute approximate surface area is 95.2 Å². The molecule has 1 N–H and O–H groups in total. The highest BCUT2D eigenvalue weighted by molar-refractivity contribution is 5.20. The van der Waals surface area contributed by atoms with Crippen LogP contribution in [0.25, 0.3) is 0 Å². The minimum Gasteiger partial charge on any atom is -0.361 e. The van der Waals surface area contributed by atoms with Crippen molar-refractivity contribution in [1.82, 2.24) is 4.98 Å². The summed E-state index contributed by atoms with van der Waals surface area (Å²) in [6, 6.07) is 4.03. The Kier molecular flexibility index (Phi) is 2.99. The van der Waals surface area contributed by atoms with Crippen LogP contribution in [0.1, 0.15) is 31.4 Å². The maximum Gasteiger partial charge on any atom is 0.198 e. The smallest absolute Gasteiger partial charge is 0.198 e. The van der Waals surface area contributed by atoms with Gasteiger partial charge in [0.25, 0.3) is 0 Å². The Bertz CT molecular complexity index is 393. The highest BCUT2D eigenvalue weighted by atomic mass is 16.7. The number of nitrogens with one attached hydrogen (secondary N) is 1. The summed E-state index contributed by atoms with van der Waals surface area (Å²) in [6.45, 7) is 5.59. The van der Waals surface area contributed by atoms with Gasteiger partial charge < -0.3 is 14.5 Å². The molecule has 1 saturated heterocycles. The maximum atomic E-state index is 8.58. The normalized spacial score (nSPS) is 20.6. The van der Waals surface area contributed by atoms with Gasteiger partial charge in [0.05, 0.1) is 31.4 Å². The molecule has 0 radical (unpaired) electrons. The average molecular weight is 220 g/mol. The van der Waals surface area contributed by atoms with Gasteiger partial charge in [0.1, 0.15) is 0 Å². The van der Waals surface area contributed by atoms with Crippen LogP contribution < -0.4 is 0 Å². The summed E-state index contributed by atoms with van der Waals surface area (Å²) in [6.07, 6.45) is 1.92. The van der Waals surface area contributed by atoms with Crippen LogP contribution in [-0.2, 0) is 15.9 Å². The molecule has 2 heterocycles. The fourth-order valence-electron chi connectivity index (χ4n) is 1.66. The maximum absolute atomic E-state index is 8.58. The molecule has 0 aliphatic carbocycles. The Balaban J connectivity index is 2.00. The lowest BCUT2D eigenvalue weighted by Crippen LogP contribution is -2.33. The third-order valence-electron chi connectivity index (χ3n) is 2.55. The van der Waals surface area contributed by atoms with Gasteiger partial charge in [-0.15, -0.1) is 0 Å². The summed E-state index contributed by atoms with van der Waals surface area (Å²) in [5.41, 5.74) is 1.94. The lowest BCUT2D eigenvalue weighted by Gasteiger charge is -2.34. The fraction of sp³-hybridized carbons (Fsp3) is 0.583. The van der Waals surface area contributed by atoms with Crippen LogP contribution >= 0.6 is 0 Å². The quantitative estimate of drug-likeness (QED) is 0.830. The molecule has 1 aromatic rings.